The number of aliphatic imine (C=N–C) groups is 1. The normalized spacial score (nSPS) is 13.0. The van der Waals surface area contributed by atoms with Crippen molar-refractivity contribution in [2.75, 3.05) is 26.2 Å². The van der Waals surface area contributed by atoms with E-state index in [1.165, 1.54) is 0 Å². The summed E-state index contributed by atoms with van der Waals surface area (Å²) in [6, 6.07) is -0.911. The summed E-state index contributed by atoms with van der Waals surface area (Å²) in [5.41, 5.74) is 21.3. The van der Waals surface area contributed by atoms with E-state index >= 15 is 0 Å². The Labute approximate surface area is 220 Å². The maximum Gasteiger partial charge on any atom is 0.304 e. The van der Waals surface area contributed by atoms with Crippen molar-refractivity contribution in [3.63, 3.8) is 0 Å². The molecule has 3 atom stereocenters. The molecule has 216 valence electrons. The average Bonchev–Trinajstić information content (AvgIpc) is 2.83. The number of guanidine groups is 1. The third kappa shape index (κ3) is 16.2. The summed E-state index contributed by atoms with van der Waals surface area (Å²) in [5, 5.41) is 13.8. The van der Waals surface area contributed by atoms with E-state index in [-0.39, 0.29) is 31.8 Å². The van der Waals surface area contributed by atoms with Crippen LogP contribution in [0.15, 0.2) is 4.99 Å². The Kier molecular flexibility index (Phi) is 17.6. The van der Waals surface area contributed by atoms with Crippen LogP contribution in [-0.4, -0.2) is 78.6 Å². The second-order valence-electron chi connectivity index (χ2n) is 8.69. The first-order valence-electron chi connectivity index (χ1n) is 12.1. The van der Waals surface area contributed by atoms with Crippen molar-refractivity contribution in [1.82, 2.24) is 10.6 Å². The van der Waals surface area contributed by atoms with Crippen LogP contribution in [0.5, 0.6) is 0 Å². The first-order valence-corrected chi connectivity index (χ1v) is 12.1. The molecule has 0 aliphatic carbocycles. The second kappa shape index (κ2) is 19.5. The lowest BCUT2D eigenvalue weighted by atomic mass is 9.91. The second-order valence-corrected chi connectivity index (χ2v) is 8.69. The monoisotopic (exact) mass is 544 g/mol. The minimum absolute atomic E-state index is 0.136. The van der Waals surface area contributed by atoms with Crippen molar-refractivity contribution in [2.24, 2.45) is 45.7 Å². The third-order valence-corrected chi connectivity index (χ3v) is 5.47. The smallest absolute Gasteiger partial charge is 0.304 e. The first-order chi connectivity index (χ1) is 17.9. The van der Waals surface area contributed by atoms with Crippen LogP contribution in [0.4, 0.5) is 0 Å². The number of primary amides is 1. The van der Waals surface area contributed by atoms with Crippen LogP contribution < -0.4 is 39.5 Å². The average molecular weight is 545 g/mol. The standard InChI is InChI=1S/C22H40N8O8/c23-6-2-1-5-16(30-18(33)12-38-27)17(32)9-13(4-3-7-28-22(25)26)21(37)29-11-15(31)8-14(20(24)36)10-19(34)35/h13-14,16H,1-12,23,27H2,(H2,24,36)(H,29,37)(H,30,33)(H,34,35)(H4,25,26,28). The van der Waals surface area contributed by atoms with Gasteiger partial charge in [0.1, 0.15) is 6.61 Å². The number of ketones is 2. The SMILES string of the molecule is NCCCCC(NC(=O)CON)C(=O)CC(CCCN=C(N)N)C(=O)NCC(=O)CC(CC(=O)O)C(N)=O. The molecule has 0 aliphatic rings. The van der Waals surface area contributed by atoms with Crippen LogP contribution in [0.1, 0.15) is 51.4 Å². The molecule has 0 rings (SSSR count). The van der Waals surface area contributed by atoms with Crippen LogP contribution in [0.2, 0.25) is 0 Å². The fourth-order valence-electron chi connectivity index (χ4n) is 3.54. The number of aliphatic carboxylic acids is 1. The molecule has 0 bridgehead atoms. The molecule has 0 radical (unpaired) electrons. The summed E-state index contributed by atoms with van der Waals surface area (Å²) in [4.78, 5) is 80.6. The summed E-state index contributed by atoms with van der Waals surface area (Å²) >= 11 is 0. The molecule has 0 spiro atoms. The first kappa shape index (κ1) is 34.4. The number of Topliss-reactive ketones (excluding diaryl/α,β-unsaturated/α-hetero) is 2. The van der Waals surface area contributed by atoms with Gasteiger partial charge >= 0.3 is 5.97 Å². The van der Waals surface area contributed by atoms with E-state index in [1.54, 1.807) is 0 Å². The summed E-state index contributed by atoms with van der Waals surface area (Å²) in [6.45, 7) is -0.363. The molecule has 0 saturated heterocycles. The Bertz CT molecular complexity index is 847. The van der Waals surface area contributed by atoms with Gasteiger partial charge in [0, 0.05) is 25.3 Å². The quantitative estimate of drug-likeness (QED) is 0.0289. The lowest BCUT2D eigenvalue weighted by Gasteiger charge is -2.21. The lowest BCUT2D eigenvalue weighted by molar-refractivity contribution is -0.141. The van der Waals surface area contributed by atoms with Crippen molar-refractivity contribution in [2.45, 2.75) is 57.4 Å². The predicted octanol–water partition coefficient (Wildman–Crippen LogP) is -3.23. The van der Waals surface area contributed by atoms with Gasteiger partial charge in [-0.05, 0) is 38.6 Å². The topological polar surface area (TPSA) is 298 Å². The van der Waals surface area contributed by atoms with Gasteiger partial charge in [0.2, 0.25) is 17.7 Å². The van der Waals surface area contributed by atoms with E-state index < -0.39 is 79.1 Å². The summed E-state index contributed by atoms with van der Waals surface area (Å²) in [5.74, 6) is -1.83. The van der Waals surface area contributed by atoms with Gasteiger partial charge < -0.3 is 38.7 Å². The number of carboxylic acid groups (broad SMARTS) is 1. The molecule has 13 N–H and O–H groups in total. The van der Waals surface area contributed by atoms with Crippen molar-refractivity contribution in [3.05, 3.63) is 0 Å². The Hall–Kier alpha value is -3.63. The van der Waals surface area contributed by atoms with Crippen molar-refractivity contribution in [1.29, 1.82) is 0 Å². The van der Waals surface area contributed by atoms with Gasteiger partial charge in [0.05, 0.1) is 24.9 Å². The molecular weight excluding hydrogens is 504 g/mol. The van der Waals surface area contributed by atoms with E-state index in [2.05, 4.69) is 20.5 Å². The largest absolute Gasteiger partial charge is 0.481 e. The van der Waals surface area contributed by atoms with Crippen molar-refractivity contribution in [3.8, 4) is 0 Å². The van der Waals surface area contributed by atoms with Gasteiger partial charge in [-0.15, -0.1) is 0 Å². The number of nitrogens with one attached hydrogen (secondary N) is 2. The molecule has 0 fully saturated rings. The minimum Gasteiger partial charge on any atom is -0.481 e. The number of amides is 3. The third-order valence-electron chi connectivity index (χ3n) is 5.47. The highest BCUT2D eigenvalue weighted by atomic mass is 16.6. The number of carboxylic acids is 1. The van der Waals surface area contributed by atoms with Gasteiger partial charge in [-0.2, -0.15) is 0 Å². The molecule has 0 aromatic heterocycles. The summed E-state index contributed by atoms with van der Waals surface area (Å²) in [7, 11) is 0. The van der Waals surface area contributed by atoms with Crippen LogP contribution in [0.3, 0.4) is 0 Å². The maximum absolute atomic E-state index is 13.1. The van der Waals surface area contributed by atoms with Gasteiger partial charge in [0.25, 0.3) is 0 Å². The van der Waals surface area contributed by atoms with Crippen molar-refractivity contribution < 1.29 is 38.7 Å². The molecule has 0 saturated carbocycles. The molecule has 0 aromatic rings. The predicted molar refractivity (Wildman–Crippen MR) is 136 cm³/mol. The van der Waals surface area contributed by atoms with E-state index in [4.69, 9.17) is 33.9 Å². The van der Waals surface area contributed by atoms with Gasteiger partial charge in [0.15, 0.2) is 17.5 Å². The molecule has 16 heteroatoms. The highest BCUT2D eigenvalue weighted by Gasteiger charge is 2.28. The number of rotatable bonds is 22. The summed E-state index contributed by atoms with van der Waals surface area (Å²) < 4.78 is 0. The van der Waals surface area contributed by atoms with Crippen molar-refractivity contribution >= 4 is 41.2 Å². The Morgan fingerprint density at radius 2 is 1.58 bits per heavy atom. The van der Waals surface area contributed by atoms with E-state index in [0.717, 1.165) is 0 Å². The molecular formula is C22H40N8O8. The zero-order valence-corrected chi connectivity index (χ0v) is 21.4. The fraction of sp³-hybridized carbons (Fsp3) is 0.682. The number of carbonyl (C=O) groups is 6. The molecule has 0 aliphatic heterocycles. The summed E-state index contributed by atoms with van der Waals surface area (Å²) in [6.07, 6.45) is 0.617. The Morgan fingerprint density at radius 3 is 2.13 bits per heavy atom. The molecule has 0 aromatic carbocycles. The van der Waals surface area contributed by atoms with E-state index in [9.17, 15) is 28.8 Å². The molecule has 16 nitrogen and oxygen atoms in total. The molecule has 0 heterocycles. The van der Waals surface area contributed by atoms with Gasteiger partial charge in [-0.25, -0.2) is 5.90 Å². The number of hydrogen-bond donors (Lipinski definition) is 8. The number of nitrogens with two attached hydrogens (primary N) is 5. The molecule has 38 heavy (non-hydrogen) atoms. The lowest BCUT2D eigenvalue weighted by Crippen LogP contribution is -2.45. The molecule has 3 unspecified atom stereocenters. The number of hydrogen-bond acceptors (Lipinski definition) is 10. The number of unbranched alkanes of at least 4 members (excludes halogenated alkanes) is 1. The van der Waals surface area contributed by atoms with Crippen LogP contribution >= 0.6 is 0 Å². The van der Waals surface area contributed by atoms with Gasteiger partial charge in [-0.1, -0.05) is 0 Å². The zero-order chi connectivity index (χ0) is 29.1. The van der Waals surface area contributed by atoms with Crippen LogP contribution in [-0.2, 0) is 33.6 Å². The zero-order valence-electron chi connectivity index (χ0n) is 21.4. The van der Waals surface area contributed by atoms with Gasteiger partial charge in [-0.3, -0.25) is 38.6 Å². The van der Waals surface area contributed by atoms with E-state index in [0.29, 0.717) is 25.8 Å². The minimum atomic E-state index is -1.30. The maximum atomic E-state index is 13.1. The van der Waals surface area contributed by atoms with Crippen LogP contribution in [0.25, 0.3) is 0 Å². The highest BCUT2D eigenvalue weighted by molar-refractivity contribution is 5.94. The van der Waals surface area contributed by atoms with Crippen LogP contribution in [0, 0.1) is 11.8 Å². The number of nitrogens with zero attached hydrogens (tertiary/aromatic N) is 1. The number of carbonyl (C=O) groups excluding carboxylic acids is 5. The fourth-order valence-corrected chi connectivity index (χ4v) is 3.54. The molecule has 3 amide bonds. The highest BCUT2D eigenvalue weighted by Crippen LogP contribution is 2.16. The Morgan fingerprint density at radius 1 is 0.895 bits per heavy atom. The van der Waals surface area contributed by atoms with E-state index in [1.807, 2.05) is 0 Å². The Balaban J connectivity index is 5.38.